The van der Waals surface area contributed by atoms with Crippen molar-refractivity contribution in [3.63, 3.8) is 0 Å². The van der Waals surface area contributed by atoms with E-state index in [1.54, 1.807) is 0 Å². The van der Waals surface area contributed by atoms with Gasteiger partial charge in [0, 0.05) is 26.1 Å². The Labute approximate surface area is 80.7 Å². The summed E-state index contributed by atoms with van der Waals surface area (Å²) in [6.07, 6.45) is 3.61. The van der Waals surface area contributed by atoms with Crippen molar-refractivity contribution < 1.29 is 9.53 Å². The summed E-state index contributed by atoms with van der Waals surface area (Å²) < 4.78 is 5.23. The SMILES string of the molecule is CC(C)CCC(=O)CC1CCOC1. The van der Waals surface area contributed by atoms with Gasteiger partial charge in [0.2, 0.25) is 0 Å². The van der Waals surface area contributed by atoms with Gasteiger partial charge >= 0.3 is 0 Å². The average Bonchev–Trinajstić information content (AvgIpc) is 2.53. The molecular weight excluding hydrogens is 164 g/mol. The summed E-state index contributed by atoms with van der Waals surface area (Å²) in [6, 6.07) is 0. The van der Waals surface area contributed by atoms with Gasteiger partial charge in [-0.05, 0) is 24.7 Å². The second-order valence-corrected chi connectivity index (χ2v) is 4.40. The lowest BCUT2D eigenvalue weighted by atomic mass is 9.97. The Morgan fingerprint density at radius 3 is 2.85 bits per heavy atom. The first-order valence-electron chi connectivity index (χ1n) is 5.28. The fourth-order valence-electron chi connectivity index (χ4n) is 1.62. The summed E-state index contributed by atoms with van der Waals surface area (Å²) in [5.74, 6) is 1.58. The second kappa shape index (κ2) is 5.38. The van der Waals surface area contributed by atoms with Crippen LogP contribution >= 0.6 is 0 Å². The van der Waals surface area contributed by atoms with Crippen LogP contribution in [0.1, 0.15) is 39.5 Å². The predicted octanol–water partition coefficient (Wildman–Crippen LogP) is 2.42. The molecule has 1 aliphatic rings. The van der Waals surface area contributed by atoms with Crippen LogP contribution in [0.25, 0.3) is 0 Å². The minimum Gasteiger partial charge on any atom is -0.381 e. The van der Waals surface area contributed by atoms with Crippen molar-refractivity contribution in [2.24, 2.45) is 11.8 Å². The molecule has 1 aliphatic heterocycles. The van der Waals surface area contributed by atoms with Crippen LogP contribution in [-0.4, -0.2) is 19.0 Å². The minimum absolute atomic E-state index is 0.421. The van der Waals surface area contributed by atoms with Crippen LogP contribution in [-0.2, 0) is 9.53 Å². The Kier molecular flexibility index (Phi) is 4.43. The quantitative estimate of drug-likeness (QED) is 0.656. The fraction of sp³-hybridized carbons (Fsp3) is 0.909. The molecule has 0 radical (unpaired) electrons. The molecule has 0 saturated carbocycles. The molecule has 1 saturated heterocycles. The van der Waals surface area contributed by atoms with Crippen molar-refractivity contribution >= 4 is 5.78 Å². The Bertz CT molecular complexity index is 157. The number of rotatable bonds is 5. The number of ketones is 1. The van der Waals surface area contributed by atoms with E-state index in [-0.39, 0.29) is 0 Å². The molecule has 1 fully saturated rings. The Balaban J connectivity index is 2.09. The molecule has 0 bridgehead atoms. The Morgan fingerprint density at radius 2 is 2.31 bits per heavy atom. The summed E-state index contributed by atoms with van der Waals surface area (Å²) in [7, 11) is 0. The minimum atomic E-state index is 0.421. The third-order valence-electron chi connectivity index (χ3n) is 2.54. The van der Waals surface area contributed by atoms with Crippen LogP contribution < -0.4 is 0 Å². The summed E-state index contributed by atoms with van der Waals surface area (Å²) in [5, 5.41) is 0. The third-order valence-corrected chi connectivity index (χ3v) is 2.54. The van der Waals surface area contributed by atoms with E-state index in [4.69, 9.17) is 4.74 Å². The van der Waals surface area contributed by atoms with Gasteiger partial charge < -0.3 is 4.74 Å². The maximum Gasteiger partial charge on any atom is 0.133 e. The Morgan fingerprint density at radius 1 is 1.54 bits per heavy atom. The fourth-order valence-corrected chi connectivity index (χ4v) is 1.62. The highest BCUT2D eigenvalue weighted by atomic mass is 16.5. The van der Waals surface area contributed by atoms with Crippen LogP contribution in [0.4, 0.5) is 0 Å². The first-order valence-corrected chi connectivity index (χ1v) is 5.28. The van der Waals surface area contributed by atoms with Gasteiger partial charge in [-0.3, -0.25) is 4.79 Å². The zero-order valence-electron chi connectivity index (χ0n) is 8.71. The second-order valence-electron chi connectivity index (χ2n) is 4.40. The predicted molar refractivity (Wildman–Crippen MR) is 52.6 cm³/mol. The van der Waals surface area contributed by atoms with Crippen molar-refractivity contribution in [3.8, 4) is 0 Å². The van der Waals surface area contributed by atoms with Crippen LogP contribution in [0.2, 0.25) is 0 Å². The van der Waals surface area contributed by atoms with E-state index < -0.39 is 0 Å². The lowest BCUT2D eigenvalue weighted by Crippen LogP contribution is -2.09. The molecule has 0 aromatic rings. The molecule has 1 heterocycles. The number of Topliss-reactive ketones (excluding diaryl/α,β-unsaturated/α-hetero) is 1. The van der Waals surface area contributed by atoms with Crippen molar-refractivity contribution in [2.75, 3.05) is 13.2 Å². The number of hydrogen-bond acceptors (Lipinski definition) is 2. The van der Waals surface area contributed by atoms with Crippen molar-refractivity contribution in [1.29, 1.82) is 0 Å². The van der Waals surface area contributed by atoms with Gasteiger partial charge in [0.05, 0.1) is 0 Å². The van der Waals surface area contributed by atoms with Crippen molar-refractivity contribution in [3.05, 3.63) is 0 Å². The molecule has 0 aromatic heterocycles. The summed E-state index contributed by atoms with van der Waals surface area (Å²) in [4.78, 5) is 11.4. The summed E-state index contributed by atoms with van der Waals surface area (Å²) in [6.45, 7) is 5.97. The van der Waals surface area contributed by atoms with E-state index in [0.29, 0.717) is 17.6 Å². The topological polar surface area (TPSA) is 26.3 Å². The molecule has 76 valence electrons. The molecule has 1 unspecified atom stereocenters. The van der Waals surface area contributed by atoms with Crippen molar-refractivity contribution in [1.82, 2.24) is 0 Å². The standard InChI is InChI=1S/C11H20O2/c1-9(2)3-4-11(12)7-10-5-6-13-8-10/h9-10H,3-8H2,1-2H3. The third kappa shape index (κ3) is 4.41. The maximum absolute atomic E-state index is 11.4. The zero-order chi connectivity index (χ0) is 9.68. The van der Waals surface area contributed by atoms with Gasteiger partial charge in [-0.15, -0.1) is 0 Å². The largest absolute Gasteiger partial charge is 0.381 e. The van der Waals surface area contributed by atoms with Crippen LogP contribution in [0, 0.1) is 11.8 Å². The van der Waals surface area contributed by atoms with Crippen molar-refractivity contribution in [2.45, 2.75) is 39.5 Å². The highest BCUT2D eigenvalue weighted by molar-refractivity contribution is 5.78. The average molecular weight is 184 g/mol. The first kappa shape index (κ1) is 10.7. The van der Waals surface area contributed by atoms with Gasteiger partial charge in [-0.2, -0.15) is 0 Å². The highest BCUT2D eigenvalue weighted by Crippen LogP contribution is 2.18. The molecule has 2 nitrogen and oxygen atoms in total. The number of ether oxygens (including phenoxy) is 1. The molecule has 0 aromatic carbocycles. The smallest absolute Gasteiger partial charge is 0.133 e. The van der Waals surface area contributed by atoms with Gasteiger partial charge in [0.25, 0.3) is 0 Å². The summed E-state index contributed by atoms with van der Waals surface area (Å²) in [5.41, 5.74) is 0. The molecule has 0 spiro atoms. The zero-order valence-corrected chi connectivity index (χ0v) is 8.71. The van der Waals surface area contributed by atoms with E-state index in [1.807, 2.05) is 0 Å². The van der Waals surface area contributed by atoms with Crippen LogP contribution in [0.15, 0.2) is 0 Å². The van der Waals surface area contributed by atoms with Gasteiger partial charge in [0.15, 0.2) is 0 Å². The number of hydrogen-bond donors (Lipinski definition) is 0. The monoisotopic (exact) mass is 184 g/mol. The lowest BCUT2D eigenvalue weighted by Gasteiger charge is -2.07. The molecule has 1 rings (SSSR count). The van der Waals surface area contributed by atoms with E-state index in [9.17, 15) is 4.79 Å². The summed E-state index contributed by atoms with van der Waals surface area (Å²) >= 11 is 0. The molecule has 2 heteroatoms. The molecule has 0 amide bonds. The van der Waals surface area contributed by atoms with E-state index in [2.05, 4.69) is 13.8 Å². The Hall–Kier alpha value is -0.370. The van der Waals surface area contributed by atoms with Crippen LogP contribution in [0.5, 0.6) is 0 Å². The van der Waals surface area contributed by atoms with Gasteiger partial charge in [-0.1, -0.05) is 13.8 Å². The van der Waals surface area contributed by atoms with E-state index in [1.165, 1.54) is 0 Å². The van der Waals surface area contributed by atoms with E-state index in [0.717, 1.165) is 38.9 Å². The molecule has 0 aliphatic carbocycles. The number of carbonyl (C=O) groups is 1. The molecule has 13 heavy (non-hydrogen) atoms. The highest BCUT2D eigenvalue weighted by Gasteiger charge is 2.18. The molecule has 0 N–H and O–H groups in total. The number of carbonyl (C=O) groups excluding carboxylic acids is 1. The molecular formula is C11H20O2. The van der Waals surface area contributed by atoms with Gasteiger partial charge in [0.1, 0.15) is 5.78 Å². The normalized spacial score (nSPS) is 22.5. The first-order chi connectivity index (χ1) is 6.18. The van der Waals surface area contributed by atoms with E-state index >= 15 is 0 Å². The maximum atomic E-state index is 11.4. The molecule has 1 atom stereocenters. The van der Waals surface area contributed by atoms with Gasteiger partial charge in [-0.25, -0.2) is 0 Å². The lowest BCUT2D eigenvalue weighted by molar-refractivity contribution is -0.120. The van der Waals surface area contributed by atoms with Crippen LogP contribution in [0.3, 0.4) is 0 Å².